The van der Waals surface area contributed by atoms with Crippen molar-refractivity contribution < 1.29 is 14.8 Å². The number of nitrogens with zero attached hydrogens (tertiary/aromatic N) is 1. The minimum absolute atomic E-state index is 0.159. The summed E-state index contributed by atoms with van der Waals surface area (Å²) in [5.74, 6) is -0.365. The quantitative estimate of drug-likeness (QED) is 0.583. The molecule has 2 N–H and O–H groups in total. The van der Waals surface area contributed by atoms with Gasteiger partial charge in [-0.05, 0) is 72.7 Å². The molecule has 2 amide bonds. The summed E-state index contributed by atoms with van der Waals surface area (Å²) >= 11 is 12.3. The predicted octanol–water partition coefficient (Wildman–Crippen LogP) is 4.02. The smallest absolute Gasteiger partial charge is 0.274 e. The molecule has 1 atom stereocenters. The van der Waals surface area contributed by atoms with Crippen molar-refractivity contribution in [3.05, 3.63) is 68.7 Å². The van der Waals surface area contributed by atoms with Gasteiger partial charge < -0.3 is 4.90 Å². The van der Waals surface area contributed by atoms with Gasteiger partial charge in [-0.15, -0.1) is 0 Å². The zero-order valence-electron chi connectivity index (χ0n) is 15.2. The molecule has 0 unspecified atom stereocenters. The number of carbonyl (C=O) groups excluding carboxylic acids is 2. The topological polar surface area (TPSA) is 69.6 Å². The second-order valence-electron chi connectivity index (χ2n) is 7.59. The van der Waals surface area contributed by atoms with Gasteiger partial charge in [-0.1, -0.05) is 29.3 Å². The van der Waals surface area contributed by atoms with E-state index in [0.717, 1.165) is 36.0 Å². The highest BCUT2D eigenvalue weighted by Gasteiger charge is 2.48. The van der Waals surface area contributed by atoms with Gasteiger partial charge in [0.25, 0.3) is 5.91 Å². The number of likely N-dealkylation sites (tertiary alicyclic amines) is 1. The molecule has 5 nitrogen and oxygen atoms in total. The summed E-state index contributed by atoms with van der Waals surface area (Å²) < 4.78 is 0. The van der Waals surface area contributed by atoms with Crippen LogP contribution in [0.1, 0.15) is 39.9 Å². The predicted molar refractivity (Wildman–Crippen MR) is 107 cm³/mol. The fourth-order valence-electron chi connectivity index (χ4n) is 4.37. The lowest BCUT2D eigenvalue weighted by atomic mass is 9.70. The Hall–Kier alpha value is -2.08. The summed E-state index contributed by atoms with van der Waals surface area (Å²) in [5.41, 5.74) is 4.71. The Balaban J connectivity index is 1.53. The number of fused-ring (bicyclic) bond motifs is 1. The summed E-state index contributed by atoms with van der Waals surface area (Å²) in [6, 6.07) is 10.7. The summed E-state index contributed by atoms with van der Waals surface area (Å²) in [4.78, 5) is 26.8. The molecule has 1 fully saturated rings. The van der Waals surface area contributed by atoms with Gasteiger partial charge in [0.1, 0.15) is 0 Å². The molecule has 2 aliphatic rings. The van der Waals surface area contributed by atoms with Crippen LogP contribution in [0, 0.1) is 5.41 Å². The third kappa shape index (κ3) is 3.39. The number of hydroxylamine groups is 1. The van der Waals surface area contributed by atoms with Crippen LogP contribution in [0.5, 0.6) is 0 Å². The molecule has 146 valence electrons. The first kappa shape index (κ1) is 19.2. The number of hydrogen-bond acceptors (Lipinski definition) is 3. The lowest BCUT2D eigenvalue weighted by Gasteiger charge is -2.33. The SMILES string of the molecule is O=C(NO)c1ccc2c(c1)CC[C@]1(CCN(Cc3cc(Cl)ccc3Cl)C1=O)C2. The minimum atomic E-state index is -0.524. The zero-order valence-corrected chi connectivity index (χ0v) is 16.7. The van der Waals surface area contributed by atoms with Crippen molar-refractivity contribution in [2.75, 3.05) is 6.54 Å². The number of benzene rings is 2. The van der Waals surface area contributed by atoms with Crippen LogP contribution in [0.2, 0.25) is 10.0 Å². The van der Waals surface area contributed by atoms with E-state index in [1.807, 2.05) is 17.0 Å². The molecule has 0 aromatic heterocycles. The maximum absolute atomic E-state index is 13.3. The van der Waals surface area contributed by atoms with E-state index in [9.17, 15) is 9.59 Å². The van der Waals surface area contributed by atoms with Crippen LogP contribution < -0.4 is 5.48 Å². The summed E-state index contributed by atoms with van der Waals surface area (Å²) in [7, 11) is 0. The molecule has 2 aromatic carbocycles. The standard InChI is InChI=1S/C21H20Cl2N2O3/c22-17-3-4-18(23)16(10-17)12-25-8-7-21(20(25)27)6-5-13-9-14(19(26)24-28)1-2-15(13)11-21/h1-4,9-10,28H,5-8,11-12H2,(H,24,26)/t21-/m0/s1. The van der Waals surface area contributed by atoms with E-state index in [1.54, 1.807) is 29.7 Å². The largest absolute Gasteiger partial charge is 0.338 e. The molecule has 0 saturated carbocycles. The van der Waals surface area contributed by atoms with Gasteiger partial charge in [-0.2, -0.15) is 0 Å². The fraction of sp³-hybridized carbons (Fsp3) is 0.333. The number of amides is 2. The Bertz CT molecular complexity index is 963. The lowest BCUT2D eigenvalue weighted by Crippen LogP contribution is -2.38. The molecular formula is C21H20Cl2N2O3. The van der Waals surface area contributed by atoms with E-state index < -0.39 is 11.3 Å². The normalized spacial score (nSPS) is 21.1. The third-order valence-corrected chi connectivity index (χ3v) is 6.55. The molecule has 1 heterocycles. The molecule has 28 heavy (non-hydrogen) atoms. The van der Waals surface area contributed by atoms with Crippen molar-refractivity contribution in [2.24, 2.45) is 5.41 Å². The van der Waals surface area contributed by atoms with E-state index in [-0.39, 0.29) is 5.91 Å². The first-order chi connectivity index (χ1) is 13.4. The second-order valence-corrected chi connectivity index (χ2v) is 8.44. The number of nitrogens with one attached hydrogen (secondary N) is 1. The van der Waals surface area contributed by atoms with Crippen molar-refractivity contribution in [3.63, 3.8) is 0 Å². The zero-order chi connectivity index (χ0) is 19.9. The Morgan fingerprint density at radius 2 is 1.96 bits per heavy atom. The van der Waals surface area contributed by atoms with Crippen LogP contribution in [-0.4, -0.2) is 28.5 Å². The maximum Gasteiger partial charge on any atom is 0.274 e. The number of halogens is 2. The average molecular weight is 419 g/mol. The van der Waals surface area contributed by atoms with Crippen LogP contribution >= 0.6 is 23.2 Å². The molecule has 4 rings (SSSR count). The van der Waals surface area contributed by atoms with E-state index in [2.05, 4.69) is 0 Å². The number of hydrogen-bond donors (Lipinski definition) is 2. The van der Waals surface area contributed by atoms with Gasteiger partial charge in [0, 0.05) is 28.7 Å². The summed E-state index contributed by atoms with van der Waals surface area (Å²) in [5, 5.41) is 10.0. The maximum atomic E-state index is 13.3. The third-order valence-electron chi connectivity index (χ3n) is 5.94. The van der Waals surface area contributed by atoms with Crippen molar-refractivity contribution in [2.45, 2.75) is 32.2 Å². The van der Waals surface area contributed by atoms with Gasteiger partial charge in [-0.3, -0.25) is 14.8 Å². The second kappa shape index (κ2) is 7.39. The van der Waals surface area contributed by atoms with Crippen molar-refractivity contribution in [3.8, 4) is 0 Å². The highest BCUT2D eigenvalue weighted by molar-refractivity contribution is 6.33. The monoisotopic (exact) mass is 418 g/mol. The van der Waals surface area contributed by atoms with Crippen LogP contribution in [0.3, 0.4) is 0 Å². The Kier molecular flexibility index (Phi) is 5.08. The van der Waals surface area contributed by atoms with Crippen molar-refractivity contribution >= 4 is 35.0 Å². The highest BCUT2D eigenvalue weighted by atomic mass is 35.5. The number of rotatable bonds is 3. The molecule has 7 heteroatoms. The van der Waals surface area contributed by atoms with Gasteiger partial charge in [0.15, 0.2) is 0 Å². The first-order valence-corrected chi connectivity index (χ1v) is 9.97. The number of aryl methyl sites for hydroxylation is 1. The average Bonchev–Trinajstić information content (AvgIpc) is 2.99. The Labute approximate surface area is 173 Å². The molecular weight excluding hydrogens is 399 g/mol. The van der Waals surface area contributed by atoms with Gasteiger partial charge in [-0.25, -0.2) is 5.48 Å². The van der Waals surface area contributed by atoms with Crippen LogP contribution in [0.15, 0.2) is 36.4 Å². The summed E-state index contributed by atoms with van der Waals surface area (Å²) in [6.07, 6.45) is 2.96. The molecule has 1 spiro atoms. The number of carbonyl (C=O) groups is 2. The fourth-order valence-corrected chi connectivity index (χ4v) is 4.75. The first-order valence-electron chi connectivity index (χ1n) is 9.21. The van der Waals surface area contributed by atoms with Crippen molar-refractivity contribution in [1.82, 2.24) is 10.4 Å². The minimum Gasteiger partial charge on any atom is -0.338 e. The Morgan fingerprint density at radius 3 is 2.75 bits per heavy atom. The lowest BCUT2D eigenvalue weighted by molar-refractivity contribution is -0.137. The highest BCUT2D eigenvalue weighted by Crippen LogP contribution is 2.44. The molecule has 0 bridgehead atoms. The van der Waals surface area contributed by atoms with Crippen LogP contribution in [-0.2, 0) is 24.2 Å². The van der Waals surface area contributed by atoms with E-state index >= 15 is 0 Å². The van der Waals surface area contributed by atoms with E-state index in [0.29, 0.717) is 35.1 Å². The molecule has 1 aliphatic carbocycles. The van der Waals surface area contributed by atoms with Gasteiger partial charge in [0.05, 0.1) is 5.41 Å². The van der Waals surface area contributed by atoms with Crippen LogP contribution in [0.25, 0.3) is 0 Å². The van der Waals surface area contributed by atoms with Crippen molar-refractivity contribution in [1.29, 1.82) is 0 Å². The summed E-state index contributed by atoms with van der Waals surface area (Å²) in [6.45, 7) is 1.16. The van der Waals surface area contributed by atoms with Crippen LogP contribution in [0.4, 0.5) is 0 Å². The van der Waals surface area contributed by atoms with Gasteiger partial charge >= 0.3 is 0 Å². The van der Waals surface area contributed by atoms with E-state index in [1.165, 1.54) is 0 Å². The molecule has 1 saturated heterocycles. The molecule has 1 aliphatic heterocycles. The Morgan fingerprint density at radius 1 is 1.14 bits per heavy atom. The molecule has 0 radical (unpaired) electrons. The molecule has 2 aromatic rings. The van der Waals surface area contributed by atoms with E-state index in [4.69, 9.17) is 28.4 Å². The van der Waals surface area contributed by atoms with Gasteiger partial charge in [0.2, 0.25) is 5.91 Å².